The molecule has 1 aromatic rings. The molecule has 2 aliphatic rings. The SMILES string of the molecule is Cc1cc(C=O)ccc1N1CCCC2CCCCC21. The van der Waals surface area contributed by atoms with E-state index in [4.69, 9.17) is 0 Å². The molecule has 2 unspecified atom stereocenters. The molecule has 0 spiro atoms. The van der Waals surface area contributed by atoms with Crippen molar-refractivity contribution in [2.24, 2.45) is 5.92 Å². The van der Waals surface area contributed by atoms with Crippen molar-refractivity contribution in [2.75, 3.05) is 11.4 Å². The topological polar surface area (TPSA) is 20.3 Å². The van der Waals surface area contributed by atoms with Crippen molar-refractivity contribution in [3.05, 3.63) is 29.3 Å². The number of piperidine rings is 1. The lowest BCUT2D eigenvalue weighted by Gasteiger charge is -2.46. The molecule has 1 aliphatic heterocycles. The Bertz CT molecular complexity index is 466. The predicted molar refractivity (Wildman–Crippen MR) is 78.9 cm³/mol. The molecule has 0 aromatic heterocycles. The minimum Gasteiger partial charge on any atom is -0.368 e. The summed E-state index contributed by atoms with van der Waals surface area (Å²) in [6.07, 6.45) is 9.21. The van der Waals surface area contributed by atoms with E-state index in [9.17, 15) is 4.79 Å². The van der Waals surface area contributed by atoms with Gasteiger partial charge in [-0.3, -0.25) is 4.79 Å². The molecule has 0 radical (unpaired) electrons. The van der Waals surface area contributed by atoms with Crippen LogP contribution in [0.1, 0.15) is 54.4 Å². The van der Waals surface area contributed by atoms with Crippen molar-refractivity contribution < 1.29 is 4.79 Å². The Balaban J connectivity index is 1.89. The summed E-state index contributed by atoms with van der Waals surface area (Å²) in [4.78, 5) is 13.5. The third-order valence-electron chi connectivity index (χ3n) is 4.91. The quantitative estimate of drug-likeness (QED) is 0.747. The van der Waals surface area contributed by atoms with Gasteiger partial charge >= 0.3 is 0 Å². The minimum atomic E-state index is 0.739. The highest BCUT2D eigenvalue weighted by atomic mass is 16.1. The summed E-state index contributed by atoms with van der Waals surface area (Å²) in [6, 6.07) is 6.87. The molecule has 2 atom stereocenters. The van der Waals surface area contributed by atoms with Crippen LogP contribution in [0.15, 0.2) is 18.2 Å². The number of hydrogen-bond acceptors (Lipinski definition) is 2. The normalized spacial score (nSPS) is 26.9. The number of carbonyl (C=O) groups is 1. The molecule has 0 N–H and O–H groups in total. The first kappa shape index (κ1) is 12.7. The Hall–Kier alpha value is -1.31. The number of carbonyl (C=O) groups excluding carboxylic acids is 1. The van der Waals surface area contributed by atoms with Gasteiger partial charge in [0.1, 0.15) is 6.29 Å². The Labute approximate surface area is 115 Å². The second kappa shape index (κ2) is 5.36. The number of anilines is 1. The lowest BCUT2D eigenvalue weighted by atomic mass is 9.78. The van der Waals surface area contributed by atoms with Gasteiger partial charge in [-0.15, -0.1) is 0 Å². The molecule has 19 heavy (non-hydrogen) atoms. The highest BCUT2D eigenvalue weighted by Crippen LogP contribution is 2.38. The van der Waals surface area contributed by atoms with E-state index in [-0.39, 0.29) is 0 Å². The van der Waals surface area contributed by atoms with Crippen LogP contribution < -0.4 is 4.90 Å². The van der Waals surface area contributed by atoms with E-state index in [0.717, 1.165) is 23.8 Å². The Morgan fingerprint density at radius 1 is 1.16 bits per heavy atom. The van der Waals surface area contributed by atoms with Crippen molar-refractivity contribution in [1.29, 1.82) is 0 Å². The summed E-state index contributed by atoms with van der Waals surface area (Å²) in [7, 11) is 0. The molecule has 1 aromatic carbocycles. The van der Waals surface area contributed by atoms with Gasteiger partial charge in [-0.05, 0) is 62.3 Å². The van der Waals surface area contributed by atoms with Gasteiger partial charge < -0.3 is 4.90 Å². The molecule has 1 saturated heterocycles. The molecule has 0 bridgehead atoms. The van der Waals surface area contributed by atoms with E-state index in [1.165, 1.54) is 56.3 Å². The summed E-state index contributed by atoms with van der Waals surface area (Å²) in [6.45, 7) is 3.32. The fraction of sp³-hybridized carbons (Fsp3) is 0.588. The van der Waals surface area contributed by atoms with Crippen molar-refractivity contribution in [2.45, 2.75) is 51.5 Å². The van der Waals surface area contributed by atoms with Crippen LogP contribution in [0.25, 0.3) is 0 Å². The van der Waals surface area contributed by atoms with Crippen LogP contribution in [0, 0.1) is 12.8 Å². The lowest BCUT2D eigenvalue weighted by molar-refractivity contribution is 0.112. The van der Waals surface area contributed by atoms with E-state index < -0.39 is 0 Å². The molecular weight excluding hydrogens is 234 g/mol. The van der Waals surface area contributed by atoms with Crippen LogP contribution in [0.4, 0.5) is 5.69 Å². The van der Waals surface area contributed by atoms with Crippen molar-refractivity contribution in [3.8, 4) is 0 Å². The monoisotopic (exact) mass is 257 g/mol. The molecule has 3 rings (SSSR count). The van der Waals surface area contributed by atoms with Crippen LogP contribution in [0.3, 0.4) is 0 Å². The second-order valence-electron chi connectivity index (χ2n) is 6.11. The van der Waals surface area contributed by atoms with Crippen LogP contribution in [-0.2, 0) is 0 Å². The number of nitrogens with zero attached hydrogens (tertiary/aromatic N) is 1. The van der Waals surface area contributed by atoms with Crippen LogP contribution in [-0.4, -0.2) is 18.9 Å². The van der Waals surface area contributed by atoms with E-state index in [1.807, 2.05) is 12.1 Å². The largest absolute Gasteiger partial charge is 0.368 e. The molecule has 102 valence electrons. The molecule has 1 aliphatic carbocycles. The minimum absolute atomic E-state index is 0.739. The number of rotatable bonds is 2. The molecule has 2 nitrogen and oxygen atoms in total. The van der Waals surface area contributed by atoms with Gasteiger partial charge in [0.2, 0.25) is 0 Å². The van der Waals surface area contributed by atoms with E-state index in [2.05, 4.69) is 17.9 Å². The maximum absolute atomic E-state index is 10.9. The molecular formula is C17H23NO. The number of hydrogen-bond donors (Lipinski definition) is 0. The fourth-order valence-electron chi connectivity index (χ4n) is 4.00. The maximum atomic E-state index is 10.9. The Morgan fingerprint density at radius 2 is 1.95 bits per heavy atom. The van der Waals surface area contributed by atoms with Gasteiger partial charge in [0, 0.05) is 23.8 Å². The lowest BCUT2D eigenvalue weighted by Crippen LogP contribution is -2.47. The van der Waals surface area contributed by atoms with E-state index in [1.54, 1.807) is 0 Å². The summed E-state index contributed by atoms with van der Waals surface area (Å²) >= 11 is 0. The molecule has 2 heteroatoms. The number of aryl methyl sites for hydroxylation is 1. The van der Waals surface area contributed by atoms with E-state index in [0.29, 0.717) is 0 Å². The highest BCUT2D eigenvalue weighted by molar-refractivity contribution is 5.77. The van der Waals surface area contributed by atoms with Crippen molar-refractivity contribution in [1.82, 2.24) is 0 Å². The molecule has 1 heterocycles. The number of aldehydes is 1. The average Bonchev–Trinajstić information content (AvgIpc) is 2.46. The van der Waals surface area contributed by atoms with Gasteiger partial charge in [-0.25, -0.2) is 0 Å². The first-order valence-electron chi connectivity index (χ1n) is 7.62. The summed E-state index contributed by atoms with van der Waals surface area (Å²) < 4.78 is 0. The summed E-state index contributed by atoms with van der Waals surface area (Å²) in [5.74, 6) is 0.896. The first-order valence-corrected chi connectivity index (χ1v) is 7.62. The van der Waals surface area contributed by atoms with Gasteiger partial charge in [0.25, 0.3) is 0 Å². The second-order valence-corrected chi connectivity index (χ2v) is 6.11. The summed E-state index contributed by atoms with van der Waals surface area (Å²) in [5, 5.41) is 0. The average molecular weight is 257 g/mol. The zero-order chi connectivity index (χ0) is 13.2. The molecule has 2 fully saturated rings. The van der Waals surface area contributed by atoms with Gasteiger partial charge in [-0.2, -0.15) is 0 Å². The Kier molecular flexibility index (Phi) is 3.58. The van der Waals surface area contributed by atoms with Gasteiger partial charge in [0.15, 0.2) is 0 Å². The highest BCUT2D eigenvalue weighted by Gasteiger charge is 2.33. The third kappa shape index (κ3) is 2.41. The zero-order valence-corrected chi connectivity index (χ0v) is 11.8. The standard InChI is InChI=1S/C17H23NO/c1-13-11-14(12-19)8-9-16(13)18-10-4-6-15-5-2-3-7-17(15)18/h8-9,11-12,15,17H,2-7,10H2,1H3. The smallest absolute Gasteiger partial charge is 0.150 e. The van der Waals surface area contributed by atoms with Crippen LogP contribution >= 0.6 is 0 Å². The predicted octanol–water partition coefficient (Wildman–Crippen LogP) is 3.97. The zero-order valence-electron chi connectivity index (χ0n) is 11.8. The van der Waals surface area contributed by atoms with E-state index >= 15 is 0 Å². The first-order chi connectivity index (χ1) is 9.29. The van der Waals surface area contributed by atoms with Crippen LogP contribution in [0.2, 0.25) is 0 Å². The van der Waals surface area contributed by atoms with Crippen molar-refractivity contribution in [3.63, 3.8) is 0 Å². The summed E-state index contributed by atoms with van der Waals surface area (Å²) in [5.41, 5.74) is 3.39. The fourth-order valence-corrected chi connectivity index (χ4v) is 4.00. The molecule has 0 amide bonds. The molecule has 1 saturated carbocycles. The van der Waals surface area contributed by atoms with Crippen LogP contribution in [0.5, 0.6) is 0 Å². The Morgan fingerprint density at radius 3 is 2.74 bits per heavy atom. The van der Waals surface area contributed by atoms with Gasteiger partial charge in [-0.1, -0.05) is 12.8 Å². The third-order valence-corrected chi connectivity index (χ3v) is 4.91. The van der Waals surface area contributed by atoms with Gasteiger partial charge in [0.05, 0.1) is 0 Å². The number of benzene rings is 1. The van der Waals surface area contributed by atoms with Crippen molar-refractivity contribution >= 4 is 12.0 Å². The maximum Gasteiger partial charge on any atom is 0.150 e. The number of fused-ring (bicyclic) bond motifs is 1.